The lowest BCUT2D eigenvalue weighted by Gasteiger charge is -2.32. The monoisotopic (exact) mass is 352 g/mol. The minimum Gasteiger partial charge on any atom is -0.310 e. The van der Waals surface area contributed by atoms with Crippen LogP contribution in [0.1, 0.15) is 24.0 Å². The van der Waals surface area contributed by atoms with E-state index in [2.05, 4.69) is 22.5 Å². The maximum atomic E-state index is 12.4. The molecule has 0 unspecified atom stereocenters. The average Bonchev–Trinajstić information content (AvgIpc) is 3.01. The van der Waals surface area contributed by atoms with Gasteiger partial charge in [0.05, 0.1) is 19.3 Å². The normalized spacial score (nSPS) is 17.1. The predicted molar refractivity (Wildman–Crippen MR) is 90.1 cm³/mol. The zero-order valence-electron chi connectivity index (χ0n) is 14.0. The molecule has 1 fully saturated rings. The average molecular weight is 352 g/mol. The van der Waals surface area contributed by atoms with Gasteiger partial charge < -0.3 is 5.32 Å². The van der Waals surface area contributed by atoms with E-state index in [0.29, 0.717) is 19.6 Å². The van der Waals surface area contributed by atoms with Crippen LogP contribution >= 0.6 is 0 Å². The molecule has 0 radical (unpaired) electrons. The van der Waals surface area contributed by atoms with E-state index in [9.17, 15) is 13.2 Å². The highest BCUT2D eigenvalue weighted by atomic mass is 19.4. The number of aromatic nitrogens is 2. The van der Waals surface area contributed by atoms with Crippen LogP contribution < -0.4 is 5.32 Å². The van der Waals surface area contributed by atoms with Gasteiger partial charge in [0.2, 0.25) is 0 Å². The molecular formula is C18H23F3N4. The minimum atomic E-state index is -4.10. The van der Waals surface area contributed by atoms with Crippen LogP contribution in [-0.2, 0) is 13.1 Å². The molecule has 2 aromatic rings. The van der Waals surface area contributed by atoms with Gasteiger partial charge in [0.15, 0.2) is 0 Å². The van der Waals surface area contributed by atoms with Crippen molar-refractivity contribution in [2.45, 2.75) is 38.1 Å². The summed E-state index contributed by atoms with van der Waals surface area (Å²) in [4.78, 5) is 1.48. The second-order valence-corrected chi connectivity index (χ2v) is 6.58. The fraction of sp³-hybridized carbons (Fsp3) is 0.500. The lowest BCUT2D eigenvalue weighted by atomic mass is 10.0. The number of hydrogen-bond donors (Lipinski definition) is 1. The van der Waals surface area contributed by atoms with E-state index in [1.807, 2.05) is 35.3 Å². The van der Waals surface area contributed by atoms with Crippen LogP contribution in [-0.4, -0.2) is 46.5 Å². The van der Waals surface area contributed by atoms with Crippen molar-refractivity contribution in [2.75, 3.05) is 19.6 Å². The molecule has 1 aromatic heterocycles. The first-order valence-electron chi connectivity index (χ1n) is 8.56. The van der Waals surface area contributed by atoms with E-state index in [-0.39, 0.29) is 6.04 Å². The fourth-order valence-corrected chi connectivity index (χ4v) is 3.17. The van der Waals surface area contributed by atoms with Crippen molar-refractivity contribution < 1.29 is 13.2 Å². The Balaban J connectivity index is 1.41. The van der Waals surface area contributed by atoms with E-state index < -0.39 is 12.7 Å². The Morgan fingerprint density at radius 3 is 2.48 bits per heavy atom. The summed E-state index contributed by atoms with van der Waals surface area (Å²) in [6.07, 6.45) is 1.24. The number of nitrogens with zero attached hydrogens (tertiary/aromatic N) is 3. The molecule has 136 valence electrons. The summed E-state index contributed by atoms with van der Waals surface area (Å²) >= 11 is 0. The molecule has 2 heterocycles. The molecule has 0 aliphatic carbocycles. The zero-order chi connectivity index (χ0) is 17.7. The topological polar surface area (TPSA) is 33.1 Å². The Morgan fingerprint density at radius 2 is 1.80 bits per heavy atom. The predicted octanol–water partition coefficient (Wildman–Crippen LogP) is 3.05. The van der Waals surface area contributed by atoms with Crippen molar-refractivity contribution in [3.05, 3.63) is 53.9 Å². The first-order valence-corrected chi connectivity index (χ1v) is 8.56. The van der Waals surface area contributed by atoms with Crippen LogP contribution in [0.25, 0.3) is 0 Å². The summed E-state index contributed by atoms with van der Waals surface area (Å²) in [7, 11) is 0. The molecule has 0 spiro atoms. The van der Waals surface area contributed by atoms with Gasteiger partial charge in [-0.3, -0.25) is 9.58 Å². The standard InChI is InChI=1S/C18H23F3N4/c19-18(20,21)14-24-8-6-17(7-9-24)22-10-16-11-23-25(13-16)12-15-4-2-1-3-5-15/h1-5,11,13,17,22H,6-10,12,14H2. The largest absolute Gasteiger partial charge is 0.401 e. The lowest BCUT2D eigenvalue weighted by Crippen LogP contribution is -2.45. The van der Waals surface area contributed by atoms with Crippen LogP contribution in [0, 0.1) is 0 Å². The molecule has 1 N–H and O–H groups in total. The highest BCUT2D eigenvalue weighted by molar-refractivity contribution is 5.15. The molecule has 0 atom stereocenters. The Morgan fingerprint density at radius 1 is 1.08 bits per heavy atom. The third-order valence-corrected chi connectivity index (χ3v) is 4.46. The number of alkyl halides is 3. The zero-order valence-corrected chi connectivity index (χ0v) is 14.0. The Kier molecular flexibility index (Phi) is 5.75. The molecule has 0 saturated carbocycles. The van der Waals surface area contributed by atoms with Gasteiger partial charge in [-0.25, -0.2) is 0 Å². The van der Waals surface area contributed by atoms with Gasteiger partial charge in [-0.1, -0.05) is 30.3 Å². The number of halogens is 3. The van der Waals surface area contributed by atoms with Gasteiger partial charge in [-0.15, -0.1) is 0 Å². The van der Waals surface area contributed by atoms with E-state index in [1.54, 1.807) is 0 Å². The van der Waals surface area contributed by atoms with Crippen molar-refractivity contribution in [2.24, 2.45) is 0 Å². The molecule has 0 bridgehead atoms. The molecule has 1 aliphatic heterocycles. The van der Waals surface area contributed by atoms with Crippen LogP contribution in [0.4, 0.5) is 13.2 Å². The second kappa shape index (κ2) is 8.01. The molecule has 1 aromatic carbocycles. The van der Waals surface area contributed by atoms with Crippen LogP contribution in [0.5, 0.6) is 0 Å². The van der Waals surface area contributed by atoms with Crippen molar-refractivity contribution in [1.29, 1.82) is 0 Å². The maximum absolute atomic E-state index is 12.4. The Bertz CT molecular complexity index is 646. The van der Waals surface area contributed by atoms with Crippen LogP contribution in [0.2, 0.25) is 0 Å². The van der Waals surface area contributed by atoms with Crippen molar-refractivity contribution in [3.63, 3.8) is 0 Å². The molecular weight excluding hydrogens is 329 g/mol. The molecule has 1 saturated heterocycles. The number of nitrogens with one attached hydrogen (secondary N) is 1. The SMILES string of the molecule is FC(F)(F)CN1CCC(NCc2cnn(Cc3ccccc3)c2)CC1. The lowest BCUT2D eigenvalue weighted by molar-refractivity contribution is -0.148. The summed E-state index contributed by atoms with van der Waals surface area (Å²) in [5.41, 5.74) is 2.29. The van der Waals surface area contributed by atoms with E-state index in [4.69, 9.17) is 0 Å². The van der Waals surface area contributed by atoms with E-state index in [1.165, 1.54) is 10.5 Å². The highest BCUT2D eigenvalue weighted by Crippen LogP contribution is 2.20. The van der Waals surface area contributed by atoms with Gasteiger partial charge in [0, 0.05) is 24.3 Å². The third kappa shape index (κ3) is 5.86. The smallest absolute Gasteiger partial charge is 0.310 e. The number of rotatable bonds is 6. The van der Waals surface area contributed by atoms with Gasteiger partial charge in [-0.2, -0.15) is 18.3 Å². The first-order chi connectivity index (χ1) is 12.0. The summed E-state index contributed by atoms with van der Waals surface area (Å²) < 4.78 is 39.1. The van der Waals surface area contributed by atoms with E-state index in [0.717, 1.165) is 24.9 Å². The number of benzene rings is 1. The Labute approximate surface area is 145 Å². The second-order valence-electron chi connectivity index (χ2n) is 6.58. The van der Waals surface area contributed by atoms with E-state index >= 15 is 0 Å². The number of piperidine rings is 1. The molecule has 7 heteroatoms. The minimum absolute atomic E-state index is 0.266. The van der Waals surface area contributed by atoms with Crippen LogP contribution in [0.15, 0.2) is 42.7 Å². The number of likely N-dealkylation sites (tertiary alicyclic amines) is 1. The summed E-state index contributed by atoms with van der Waals surface area (Å²) in [6, 6.07) is 10.4. The first kappa shape index (κ1) is 17.9. The highest BCUT2D eigenvalue weighted by Gasteiger charge is 2.32. The molecule has 4 nitrogen and oxygen atoms in total. The maximum Gasteiger partial charge on any atom is 0.401 e. The quantitative estimate of drug-likeness (QED) is 0.867. The van der Waals surface area contributed by atoms with Crippen molar-refractivity contribution in [3.8, 4) is 0 Å². The number of hydrogen-bond acceptors (Lipinski definition) is 3. The van der Waals surface area contributed by atoms with Gasteiger partial charge >= 0.3 is 6.18 Å². The summed E-state index contributed by atoms with van der Waals surface area (Å²) in [5.74, 6) is 0. The van der Waals surface area contributed by atoms with Gasteiger partial charge in [-0.05, 0) is 31.5 Å². The van der Waals surface area contributed by atoms with Crippen molar-refractivity contribution in [1.82, 2.24) is 20.0 Å². The van der Waals surface area contributed by atoms with Crippen LogP contribution in [0.3, 0.4) is 0 Å². The fourth-order valence-electron chi connectivity index (χ4n) is 3.17. The molecule has 1 aliphatic rings. The van der Waals surface area contributed by atoms with Gasteiger partial charge in [0.1, 0.15) is 0 Å². The summed E-state index contributed by atoms with van der Waals surface area (Å²) in [6.45, 7) is 1.61. The molecule has 0 amide bonds. The third-order valence-electron chi connectivity index (χ3n) is 4.46. The molecule has 3 rings (SSSR count). The summed E-state index contributed by atoms with van der Waals surface area (Å²) in [5, 5.41) is 7.81. The van der Waals surface area contributed by atoms with Gasteiger partial charge in [0.25, 0.3) is 0 Å². The molecule has 25 heavy (non-hydrogen) atoms. The Hall–Kier alpha value is -1.86. The van der Waals surface area contributed by atoms with Crippen molar-refractivity contribution >= 4 is 0 Å².